The molecule has 0 aromatic carbocycles. The van der Waals surface area contributed by atoms with E-state index in [0.29, 0.717) is 18.6 Å². The van der Waals surface area contributed by atoms with E-state index in [2.05, 4.69) is 33.0 Å². The Labute approximate surface area is 161 Å². The molecule has 24 heavy (non-hydrogen) atoms. The van der Waals surface area contributed by atoms with Crippen molar-refractivity contribution in [2.24, 2.45) is 12.0 Å². The van der Waals surface area contributed by atoms with Gasteiger partial charge in [-0.25, -0.2) is 4.99 Å². The number of aliphatic imine (C=N–C) groups is 1. The second-order valence-electron chi connectivity index (χ2n) is 6.65. The zero-order valence-electron chi connectivity index (χ0n) is 14.7. The lowest BCUT2D eigenvalue weighted by Crippen LogP contribution is -2.47. The third kappa shape index (κ3) is 5.19. The minimum absolute atomic E-state index is 0. The molecule has 6 nitrogen and oxygen atoms in total. The van der Waals surface area contributed by atoms with E-state index in [4.69, 9.17) is 4.99 Å². The van der Waals surface area contributed by atoms with Crippen LogP contribution in [-0.4, -0.2) is 32.8 Å². The second kappa shape index (κ2) is 9.39. The number of aryl methyl sites for hydroxylation is 1. The predicted molar refractivity (Wildman–Crippen MR) is 108 cm³/mol. The van der Waals surface area contributed by atoms with Crippen molar-refractivity contribution in [2.75, 3.05) is 0 Å². The number of aromatic nitrogens is 3. The maximum atomic E-state index is 4.77. The van der Waals surface area contributed by atoms with Crippen LogP contribution in [0, 0.1) is 6.92 Å². The number of guanidine groups is 1. The molecular weight excluding hydrogens is 415 g/mol. The lowest BCUT2D eigenvalue weighted by molar-refractivity contribution is 0.407. The van der Waals surface area contributed by atoms with Crippen LogP contribution in [0.4, 0.5) is 0 Å². The van der Waals surface area contributed by atoms with Gasteiger partial charge in [0.05, 0.1) is 0 Å². The first-order valence-corrected chi connectivity index (χ1v) is 8.80. The number of rotatable bonds is 4. The average Bonchev–Trinajstić information content (AvgIpc) is 3.18. The highest BCUT2D eigenvalue weighted by atomic mass is 127. The molecule has 134 valence electrons. The molecule has 7 heteroatoms. The molecule has 3 rings (SSSR count). The minimum atomic E-state index is 0. The molecule has 2 aliphatic carbocycles. The number of nitrogens with one attached hydrogen (secondary N) is 2. The lowest BCUT2D eigenvalue weighted by atomic mass is 9.96. The van der Waals surface area contributed by atoms with E-state index in [0.717, 1.165) is 30.5 Å². The third-order valence-corrected chi connectivity index (χ3v) is 4.86. The fraction of sp³-hybridized carbons (Fsp3) is 0.706. The van der Waals surface area contributed by atoms with Gasteiger partial charge < -0.3 is 15.2 Å². The summed E-state index contributed by atoms with van der Waals surface area (Å²) >= 11 is 0. The molecule has 0 radical (unpaired) electrons. The van der Waals surface area contributed by atoms with Crippen LogP contribution >= 0.6 is 24.0 Å². The lowest BCUT2D eigenvalue weighted by Gasteiger charge is -2.26. The SMILES string of the molecule is Cc1nnc(CN=C(NC2CC=CC2)NC2CCCCC2)n1C.I. The van der Waals surface area contributed by atoms with Gasteiger partial charge in [-0.1, -0.05) is 31.4 Å². The van der Waals surface area contributed by atoms with Gasteiger partial charge in [-0.3, -0.25) is 0 Å². The molecule has 1 aromatic heterocycles. The van der Waals surface area contributed by atoms with Crippen molar-refractivity contribution in [1.82, 2.24) is 25.4 Å². The highest BCUT2D eigenvalue weighted by Gasteiger charge is 2.18. The maximum absolute atomic E-state index is 4.77. The largest absolute Gasteiger partial charge is 0.354 e. The van der Waals surface area contributed by atoms with Crippen LogP contribution in [0.1, 0.15) is 56.6 Å². The van der Waals surface area contributed by atoms with Crippen molar-refractivity contribution >= 4 is 29.9 Å². The molecule has 1 heterocycles. The van der Waals surface area contributed by atoms with E-state index in [-0.39, 0.29) is 24.0 Å². The van der Waals surface area contributed by atoms with E-state index in [1.807, 2.05) is 18.5 Å². The third-order valence-electron chi connectivity index (χ3n) is 4.86. The minimum Gasteiger partial charge on any atom is -0.354 e. The van der Waals surface area contributed by atoms with Gasteiger partial charge in [0.25, 0.3) is 0 Å². The average molecular weight is 444 g/mol. The van der Waals surface area contributed by atoms with Crippen LogP contribution < -0.4 is 10.6 Å². The first kappa shape index (κ1) is 19.2. The Balaban J connectivity index is 0.00000208. The van der Waals surface area contributed by atoms with E-state index in [1.54, 1.807) is 0 Å². The summed E-state index contributed by atoms with van der Waals surface area (Å²) in [5.41, 5.74) is 0. The van der Waals surface area contributed by atoms with Crippen LogP contribution in [0.3, 0.4) is 0 Å². The molecular formula is C17H29IN6. The molecule has 0 aliphatic heterocycles. The summed E-state index contributed by atoms with van der Waals surface area (Å²) in [6.07, 6.45) is 13.1. The van der Waals surface area contributed by atoms with Gasteiger partial charge in [0.1, 0.15) is 12.4 Å². The van der Waals surface area contributed by atoms with E-state index >= 15 is 0 Å². The van der Waals surface area contributed by atoms with E-state index in [1.165, 1.54) is 32.1 Å². The van der Waals surface area contributed by atoms with Gasteiger partial charge in [0, 0.05) is 19.1 Å². The molecule has 0 atom stereocenters. The number of hydrogen-bond acceptors (Lipinski definition) is 3. The monoisotopic (exact) mass is 444 g/mol. The van der Waals surface area contributed by atoms with E-state index < -0.39 is 0 Å². The second-order valence-corrected chi connectivity index (χ2v) is 6.65. The predicted octanol–water partition coefficient (Wildman–Crippen LogP) is 2.83. The van der Waals surface area contributed by atoms with Gasteiger partial charge in [-0.2, -0.15) is 0 Å². The molecule has 0 saturated heterocycles. The summed E-state index contributed by atoms with van der Waals surface area (Å²) in [4.78, 5) is 4.77. The Morgan fingerprint density at radius 1 is 1.12 bits per heavy atom. The highest BCUT2D eigenvalue weighted by Crippen LogP contribution is 2.17. The zero-order chi connectivity index (χ0) is 16.1. The standard InChI is InChI=1S/C17H28N6.HI/c1-13-21-22-16(23(13)2)12-18-17(20-15-10-6-7-11-15)19-14-8-4-3-5-9-14;/h6-7,14-15H,3-5,8-12H2,1-2H3,(H2,18,19,20);1H. The van der Waals surface area contributed by atoms with Crippen molar-refractivity contribution in [3.63, 3.8) is 0 Å². The summed E-state index contributed by atoms with van der Waals surface area (Å²) in [5, 5.41) is 15.5. The van der Waals surface area contributed by atoms with Crippen LogP contribution in [0.15, 0.2) is 17.1 Å². The fourth-order valence-electron chi connectivity index (χ4n) is 3.24. The number of hydrogen-bond donors (Lipinski definition) is 2. The summed E-state index contributed by atoms with van der Waals surface area (Å²) < 4.78 is 2.00. The first-order valence-electron chi connectivity index (χ1n) is 8.80. The van der Waals surface area contributed by atoms with Crippen LogP contribution in [0.2, 0.25) is 0 Å². The van der Waals surface area contributed by atoms with Crippen LogP contribution in [-0.2, 0) is 13.6 Å². The van der Waals surface area contributed by atoms with Gasteiger partial charge in [-0.15, -0.1) is 34.2 Å². The summed E-state index contributed by atoms with van der Waals surface area (Å²) in [7, 11) is 1.99. The van der Waals surface area contributed by atoms with Crippen molar-refractivity contribution < 1.29 is 0 Å². The first-order chi connectivity index (χ1) is 11.2. The maximum Gasteiger partial charge on any atom is 0.192 e. The molecule has 0 bridgehead atoms. The Morgan fingerprint density at radius 3 is 2.42 bits per heavy atom. The Hall–Kier alpha value is -1.12. The number of halogens is 1. The molecule has 2 aliphatic rings. The fourth-order valence-corrected chi connectivity index (χ4v) is 3.24. The summed E-state index contributed by atoms with van der Waals surface area (Å²) in [5.74, 6) is 2.74. The van der Waals surface area contributed by atoms with Gasteiger partial charge >= 0.3 is 0 Å². The van der Waals surface area contributed by atoms with Crippen molar-refractivity contribution in [2.45, 2.75) is 70.5 Å². The Bertz CT molecular complexity index is 566. The Kier molecular flexibility index (Phi) is 7.51. The molecule has 1 saturated carbocycles. The summed E-state index contributed by atoms with van der Waals surface area (Å²) in [6.45, 7) is 2.52. The van der Waals surface area contributed by atoms with Gasteiger partial charge in [0.15, 0.2) is 11.8 Å². The smallest absolute Gasteiger partial charge is 0.192 e. The molecule has 0 spiro atoms. The molecule has 0 unspecified atom stereocenters. The van der Waals surface area contributed by atoms with Crippen molar-refractivity contribution in [3.8, 4) is 0 Å². The van der Waals surface area contributed by atoms with Gasteiger partial charge in [-0.05, 0) is 32.6 Å². The van der Waals surface area contributed by atoms with Crippen LogP contribution in [0.5, 0.6) is 0 Å². The molecule has 1 fully saturated rings. The van der Waals surface area contributed by atoms with Crippen molar-refractivity contribution in [1.29, 1.82) is 0 Å². The number of nitrogens with zero attached hydrogens (tertiary/aromatic N) is 4. The topological polar surface area (TPSA) is 67.1 Å². The van der Waals surface area contributed by atoms with Crippen molar-refractivity contribution in [3.05, 3.63) is 23.8 Å². The molecule has 0 amide bonds. The van der Waals surface area contributed by atoms with Gasteiger partial charge in [0.2, 0.25) is 0 Å². The highest BCUT2D eigenvalue weighted by molar-refractivity contribution is 14.0. The normalized spacial score (nSPS) is 19.3. The Morgan fingerprint density at radius 2 is 1.79 bits per heavy atom. The molecule has 1 aromatic rings. The molecule has 2 N–H and O–H groups in total. The van der Waals surface area contributed by atoms with E-state index in [9.17, 15) is 0 Å². The quantitative estimate of drug-likeness (QED) is 0.325. The zero-order valence-corrected chi connectivity index (χ0v) is 17.0. The summed E-state index contributed by atoms with van der Waals surface area (Å²) in [6, 6.07) is 1.01. The van der Waals surface area contributed by atoms with Crippen LogP contribution in [0.25, 0.3) is 0 Å².